The maximum Gasteiger partial charge on any atom is 0.323 e. The van der Waals surface area contributed by atoms with Crippen molar-refractivity contribution in [2.24, 2.45) is 5.11 Å². The van der Waals surface area contributed by atoms with Crippen molar-refractivity contribution in [3.63, 3.8) is 0 Å². The van der Waals surface area contributed by atoms with Crippen LogP contribution in [0.3, 0.4) is 0 Å². The van der Waals surface area contributed by atoms with Crippen molar-refractivity contribution >= 4 is 5.97 Å². The normalized spacial score (nSPS) is 24.5. The van der Waals surface area contributed by atoms with E-state index in [9.17, 15) is 9.90 Å². The van der Waals surface area contributed by atoms with Crippen LogP contribution in [-0.2, 0) is 4.79 Å². The number of nitrogens with one attached hydrogen (secondary N) is 1. The van der Waals surface area contributed by atoms with Gasteiger partial charge in [0.1, 0.15) is 5.54 Å². The SMILES string of the molecule is CCCN1CCCC(NCCN=[N+]=[N-])(C(=O)O)CC1. The standard InChI is InChI=1S/C12H23N5O2/c1-2-8-17-9-3-4-12(5-10-17,11(18)19)14-6-7-15-16-13/h14H,2-10H2,1H3,(H,18,19). The number of aliphatic carboxylic acids is 1. The molecule has 1 unspecified atom stereocenters. The van der Waals surface area contributed by atoms with Crippen molar-refractivity contribution in [2.75, 3.05) is 32.7 Å². The predicted octanol–water partition coefficient (Wildman–Crippen LogP) is 1.61. The highest BCUT2D eigenvalue weighted by atomic mass is 16.4. The first-order valence-corrected chi connectivity index (χ1v) is 6.86. The van der Waals surface area contributed by atoms with Gasteiger partial charge in [-0.25, -0.2) is 0 Å². The number of carbonyl (C=O) groups is 1. The number of likely N-dealkylation sites (tertiary alicyclic amines) is 1. The molecule has 1 saturated heterocycles. The Morgan fingerprint density at radius 3 is 2.95 bits per heavy atom. The molecule has 0 aromatic rings. The lowest BCUT2D eigenvalue weighted by molar-refractivity contribution is -0.145. The van der Waals surface area contributed by atoms with Crippen molar-refractivity contribution in [3.8, 4) is 0 Å². The van der Waals surface area contributed by atoms with Gasteiger partial charge in [-0.2, -0.15) is 0 Å². The van der Waals surface area contributed by atoms with Crippen LogP contribution >= 0.6 is 0 Å². The molecule has 1 rings (SSSR count). The summed E-state index contributed by atoms with van der Waals surface area (Å²) in [5.41, 5.74) is 7.36. The van der Waals surface area contributed by atoms with Gasteiger partial charge < -0.3 is 15.3 Å². The van der Waals surface area contributed by atoms with Gasteiger partial charge >= 0.3 is 5.97 Å². The number of carboxylic acid groups (broad SMARTS) is 1. The van der Waals surface area contributed by atoms with Gasteiger partial charge in [-0.3, -0.25) is 4.79 Å². The van der Waals surface area contributed by atoms with Crippen LogP contribution in [0.1, 0.15) is 32.6 Å². The van der Waals surface area contributed by atoms with Crippen molar-refractivity contribution in [1.29, 1.82) is 0 Å². The maximum atomic E-state index is 11.6. The van der Waals surface area contributed by atoms with Crippen LogP contribution in [0, 0.1) is 0 Å². The number of azide groups is 1. The summed E-state index contributed by atoms with van der Waals surface area (Å²) in [5, 5.41) is 16.0. The average molecular weight is 269 g/mol. The number of nitrogens with zero attached hydrogens (tertiary/aromatic N) is 4. The minimum Gasteiger partial charge on any atom is -0.480 e. The van der Waals surface area contributed by atoms with Gasteiger partial charge in [-0.1, -0.05) is 12.0 Å². The zero-order valence-corrected chi connectivity index (χ0v) is 11.5. The largest absolute Gasteiger partial charge is 0.480 e. The van der Waals surface area contributed by atoms with Gasteiger partial charge in [0, 0.05) is 24.5 Å². The molecule has 0 aromatic heterocycles. The van der Waals surface area contributed by atoms with Crippen molar-refractivity contribution in [3.05, 3.63) is 10.4 Å². The van der Waals surface area contributed by atoms with Crippen LogP contribution in [0.4, 0.5) is 0 Å². The van der Waals surface area contributed by atoms with Crippen molar-refractivity contribution in [1.82, 2.24) is 10.2 Å². The first-order valence-electron chi connectivity index (χ1n) is 6.86. The van der Waals surface area contributed by atoms with Crippen molar-refractivity contribution in [2.45, 2.75) is 38.1 Å². The Balaban J connectivity index is 2.60. The van der Waals surface area contributed by atoms with Crippen LogP contribution in [0.5, 0.6) is 0 Å². The van der Waals surface area contributed by atoms with E-state index in [4.69, 9.17) is 5.53 Å². The first kappa shape index (κ1) is 15.8. The molecule has 7 nitrogen and oxygen atoms in total. The Hall–Kier alpha value is -1.30. The molecule has 0 bridgehead atoms. The van der Waals surface area contributed by atoms with Gasteiger partial charge in [0.05, 0.1) is 0 Å². The minimum atomic E-state index is -0.868. The molecule has 0 spiro atoms. The van der Waals surface area contributed by atoms with Crippen LogP contribution in [0.15, 0.2) is 5.11 Å². The second-order valence-electron chi connectivity index (χ2n) is 4.96. The molecule has 108 valence electrons. The fourth-order valence-electron chi connectivity index (χ4n) is 2.59. The van der Waals surface area contributed by atoms with Gasteiger partial charge in [0.25, 0.3) is 0 Å². The van der Waals surface area contributed by atoms with E-state index in [0.717, 1.165) is 32.5 Å². The highest BCUT2D eigenvalue weighted by Crippen LogP contribution is 2.23. The van der Waals surface area contributed by atoms with Gasteiger partial charge in [0.2, 0.25) is 0 Å². The number of hydrogen-bond donors (Lipinski definition) is 2. The summed E-state index contributed by atoms with van der Waals surface area (Å²) < 4.78 is 0. The minimum absolute atomic E-state index is 0.282. The third-order valence-corrected chi connectivity index (χ3v) is 3.62. The second-order valence-corrected chi connectivity index (χ2v) is 4.96. The van der Waals surface area contributed by atoms with E-state index in [1.54, 1.807) is 0 Å². The van der Waals surface area contributed by atoms with Crippen molar-refractivity contribution < 1.29 is 9.90 Å². The lowest BCUT2D eigenvalue weighted by Gasteiger charge is -2.29. The Morgan fingerprint density at radius 1 is 1.53 bits per heavy atom. The Morgan fingerprint density at radius 2 is 2.32 bits per heavy atom. The molecule has 0 amide bonds. The molecule has 0 aromatic carbocycles. The fraction of sp³-hybridized carbons (Fsp3) is 0.917. The first-order chi connectivity index (χ1) is 9.14. The number of hydrogen-bond acceptors (Lipinski definition) is 4. The maximum absolute atomic E-state index is 11.6. The second kappa shape index (κ2) is 7.99. The zero-order valence-electron chi connectivity index (χ0n) is 11.5. The molecule has 1 aliphatic heterocycles. The molecule has 1 aliphatic rings. The molecule has 2 N–H and O–H groups in total. The third-order valence-electron chi connectivity index (χ3n) is 3.62. The van der Waals surface area contributed by atoms with Crippen LogP contribution in [0.2, 0.25) is 0 Å². The monoisotopic (exact) mass is 269 g/mol. The number of carboxylic acids is 1. The van der Waals surface area contributed by atoms with Gasteiger partial charge in [0.15, 0.2) is 0 Å². The summed E-state index contributed by atoms with van der Waals surface area (Å²) in [6.07, 6.45) is 3.18. The predicted molar refractivity (Wildman–Crippen MR) is 73.0 cm³/mol. The van der Waals surface area contributed by atoms with Gasteiger partial charge in [-0.05, 0) is 44.3 Å². The van der Waals surface area contributed by atoms with E-state index in [2.05, 4.69) is 27.2 Å². The molecular weight excluding hydrogens is 246 g/mol. The van der Waals surface area contributed by atoms with E-state index < -0.39 is 11.5 Å². The van der Waals surface area contributed by atoms with Crippen LogP contribution in [-0.4, -0.2) is 54.2 Å². The number of rotatable bonds is 7. The molecule has 1 fully saturated rings. The zero-order chi connectivity index (χ0) is 14.1. The molecule has 19 heavy (non-hydrogen) atoms. The quantitative estimate of drug-likeness (QED) is 0.317. The lowest BCUT2D eigenvalue weighted by Crippen LogP contribution is -2.53. The lowest BCUT2D eigenvalue weighted by atomic mass is 9.90. The Kier molecular flexibility index (Phi) is 6.62. The topological polar surface area (TPSA) is 101 Å². The average Bonchev–Trinajstić information content (AvgIpc) is 2.59. The van der Waals surface area contributed by atoms with Crippen LogP contribution in [0.25, 0.3) is 10.4 Å². The van der Waals surface area contributed by atoms with E-state index in [0.29, 0.717) is 19.4 Å². The van der Waals surface area contributed by atoms with E-state index >= 15 is 0 Å². The molecule has 1 atom stereocenters. The fourth-order valence-corrected chi connectivity index (χ4v) is 2.59. The summed E-state index contributed by atoms with van der Waals surface area (Å²) in [7, 11) is 0. The molecule has 7 heteroatoms. The van der Waals surface area contributed by atoms with E-state index in [1.807, 2.05) is 0 Å². The molecular formula is C12H23N5O2. The summed E-state index contributed by atoms with van der Waals surface area (Å²) >= 11 is 0. The summed E-state index contributed by atoms with van der Waals surface area (Å²) in [5.74, 6) is -0.799. The highest BCUT2D eigenvalue weighted by molar-refractivity contribution is 5.78. The summed E-state index contributed by atoms with van der Waals surface area (Å²) in [6.45, 7) is 5.60. The highest BCUT2D eigenvalue weighted by Gasteiger charge is 2.38. The summed E-state index contributed by atoms with van der Waals surface area (Å²) in [4.78, 5) is 16.6. The molecule has 0 saturated carbocycles. The van der Waals surface area contributed by atoms with Gasteiger partial charge in [-0.15, -0.1) is 0 Å². The Bertz CT molecular complexity index is 343. The van der Waals surface area contributed by atoms with Crippen LogP contribution < -0.4 is 5.32 Å². The Labute approximate surface area is 113 Å². The molecule has 1 heterocycles. The smallest absolute Gasteiger partial charge is 0.323 e. The molecule has 0 aliphatic carbocycles. The van der Waals surface area contributed by atoms with E-state index in [1.165, 1.54) is 0 Å². The van der Waals surface area contributed by atoms with E-state index in [-0.39, 0.29) is 6.54 Å². The summed E-state index contributed by atoms with van der Waals surface area (Å²) in [6, 6.07) is 0. The third kappa shape index (κ3) is 4.70. The molecule has 0 radical (unpaired) electrons.